The van der Waals surface area contributed by atoms with Gasteiger partial charge in [0.25, 0.3) is 0 Å². The van der Waals surface area contributed by atoms with Crippen LogP contribution in [0, 0.1) is 0 Å². The minimum absolute atomic E-state index is 0.698. The zero-order chi connectivity index (χ0) is 28.2. The van der Waals surface area contributed by atoms with Gasteiger partial charge in [-0.3, -0.25) is 13.2 Å². The predicted octanol–water partition coefficient (Wildman–Crippen LogP) is 6.28. The number of aryl methyl sites for hydroxylation is 1. The third kappa shape index (κ3) is 3.02. The Morgan fingerprint density at radius 3 is 2.33 bits per heavy atom. The molecule has 0 N–H and O–H groups in total. The van der Waals surface area contributed by atoms with Crippen molar-refractivity contribution in [1.82, 2.24) is 41.9 Å². The molecule has 0 aliphatic rings. The number of benzene rings is 4. The van der Waals surface area contributed by atoms with Crippen molar-refractivity contribution in [1.29, 1.82) is 0 Å². The Hall–Kier alpha value is -5.83. The molecule has 206 valence electrons. The van der Waals surface area contributed by atoms with E-state index in [1.807, 2.05) is 12.4 Å². The van der Waals surface area contributed by atoms with Crippen molar-refractivity contribution in [2.75, 3.05) is 0 Å². The molecule has 0 aliphatic carbocycles. The molecule has 9 heteroatoms. The Labute approximate surface area is 244 Å². The highest BCUT2D eigenvalue weighted by Crippen LogP contribution is 2.28. The number of imidazole rings is 6. The Bertz CT molecular complexity index is 2700. The molecule has 0 spiro atoms. The Balaban J connectivity index is 1.08. The Morgan fingerprint density at radius 2 is 1.42 bits per heavy atom. The molecule has 4 aromatic carbocycles. The molecule has 0 saturated heterocycles. The SMILES string of the molecule is Cn1c2ccccc2n2c3cc(Cn4ccn5c6c(Cn7c8ccccc8n8ccnc78)cccc6nc45)ccc3nc12. The molecule has 10 rings (SSSR count). The summed E-state index contributed by atoms with van der Waals surface area (Å²) in [5.41, 5.74) is 11.3. The number of fused-ring (bicyclic) bond motifs is 11. The van der Waals surface area contributed by atoms with Crippen LogP contribution in [0.3, 0.4) is 0 Å². The number of hydrogen-bond donors (Lipinski definition) is 0. The van der Waals surface area contributed by atoms with E-state index < -0.39 is 0 Å². The largest absolute Gasteiger partial charge is 0.313 e. The molecule has 6 heterocycles. The number of para-hydroxylation sites is 5. The van der Waals surface area contributed by atoms with E-state index in [0.29, 0.717) is 13.1 Å². The van der Waals surface area contributed by atoms with Crippen LogP contribution in [0.25, 0.3) is 61.5 Å². The topological polar surface area (TPSA) is 66.7 Å². The Morgan fingerprint density at radius 1 is 0.605 bits per heavy atom. The van der Waals surface area contributed by atoms with Crippen LogP contribution in [0.1, 0.15) is 11.1 Å². The van der Waals surface area contributed by atoms with Gasteiger partial charge < -0.3 is 13.7 Å². The molecule has 0 radical (unpaired) electrons. The minimum atomic E-state index is 0.698. The summed E-state index contributed by atoms with van der Waals surface area (Å²) in [4.78, 5) is 14.7. The molecule has 0 bridgehead atoms. The Kier molecular flexibility index (Phi) is 4.31. The fourth-order valence-corrected chi connectivity index (χ4v) is 6.94. The van der Waals surface area contributed by atoms with Crippen molar-refractivity contribution in [2.45, 2.75) is 13.1 Å². The molecule has 10 aromatic rings. The maximum Gasteiger partial charge on any atom is 0.215 e. The molecule has 0 atom stereocenters. The number of rotatable bonds is 4. The molecule has 0 unspecified atom stereocenters. The highest BCUT2D eigenvalue weighted by atomic mass is 15.2. The molecule has 43 heavy (non-hydrogen) atoms. The van der Waals surface area contributed by atoms with Crippen LogP contribution in [0.15, 0.2) is 110 Å². The van der Waals surface area contributed by atoms with Gasteiger partial charge in [0.15, 0.2) is 0 Å². The average molecular weight is 560 g/mol. The van der Waals surface area contributed by atoms with Crippen LogP contribution in [0.4, 0.5) is 0 Å². The van der Waals surface area contributed by atoms with Crippen molar-refractivity contribution in [3.63, 3.8) is 0 Å². The van der Waals surface area contributed by atoms with Gasteiger partial charge in [0.2, 0.25) is 17.3 Å². The summed E-state index contributed by atoms with van der Waals surface area (Å²) in [6.07, 6.45) is 8.15. The van der Waals surface area contributed by atoms with Gasteiger partial charge in [-0.05, 0) is 53.6 Å². The predicted molar refractivity (Wildman–Crippen MR) is 169 cm³/mol. The number of nitrogens with zero attached hydrogens (tertiary/aromatic N) is 9. The smallest absolute Gasteiger partial charge is 0.215 e. The third-order valence-corrected chi connectivity index (χ3v) is 8.89. The fraction of sp³-hybridized carbons (Fsp3) is 0.0882. The molecular formula is C34H25N9. The van der Waals surface area contributed by atoms with E-state index in [9.17, 15) is 0 Å². The third-order valence-electron chi connectivity index (χ3n) is 8.89. The van der Waals surface area contributed by atoms with Gasteiger partial charge in [-0.2, -0.15) is 0 Å². The first-order chi connectivity index (χ1) is 21.2. The summed E-state index contributed by atoms with van der Waals surface area (Å²) in [7, 11) is 2.08. The van der Waals surface area contributed by atoms with Crippen LogP contribution in [-0.4, -0.2) is 41.9 Å². The first kappa shape index (κ1) is 22.8. The highest BCUT2D eigenvalue weighted by molar-refractivity contribution is 5.91. The molecule has 0 amide bonds. The second kappa shape index (κ2) is 8.13. The first-order valence-electron chi connectivity index (χ1n) is 14.4. The van der Waals surface area contributed by atoms with Crippen LogP contribution >= 0.6 is 0 Å². The van der Waals surface area contributed by atoms with E-state index in [-0.39, 0.29) is 0 Å². The fourth-order valence-electron chi connectivity index (χ4n) is 6.94. The summed E-state index contributed by atoms with van der Waals surface area (Å²) in [6.45, 7) is 1.41. The van der Waals surface area contributed by atoms with Crippen LogP contribution in [0.5, 0.6) is 0 Å². The van der Waals surface area contributed by atoms with Gasteiger partial charge in [0.1, 0.15) is 0 Å². The number of hydrogen-bond acceptors (Lipinski definition) is 3. The second-order valence-electron chi connectivity index (χ2n) is 11.3. The van der Waals surface area contributed by atoms with Gasteiger partial charge in [-0.25, -0.2) is 15.0 Å². The summed E-state index contributed by atoms with van der Waals surface area (Å²) in [5, 5.41) is 0. The molecule has 6 aromatic heterocycles. The van der Waals surface area contributed by atoms with E-state index in [0.717, 1.165) is 55.9 Å². The maximum absolute atomic E-state index is 5.10. The second-order valence-corrected chi connectivity index (χ2v) is 11.3. The summed E-state index contributed by atoms with van der Waals surface area (Å²) in [6, 6.07) is 29.9. The van der Waals surface area contributed by atoms with Crippen LogP contribution in [-0.2, 0) is 20.1 Å². The molecule has 0 aliphatic heterocycles. The molecular weight excluding hydrogens is 534 g/mol. The number of aromatic nitrogens is 9. The van der Waals surface area contributed by atoms with Gasteiger partial charge >= 0.3 is 0 Å². The van der Waals surface area contributed by atoms with Gasteiger partial charge in [-0.1, -0.05) is 42.5 Å². The zero-order valence-electron chi connectivity index (χ0n) is 23.3. The summed E-state index contributed by atoms with van der Waals surface area (Å²) < 4.78 is 13.3. The van der Waals surface area contributed by atoms with Gasteiger partial charge in [0, 0.05) is 31.8 Å². The quantitative estimate of drug-likeness (QED) is 0.255. The van der Waals surface area contributed by atoms with Crippen molar-refractivity contribution < 1.29 is 0 Å². The molecule has 9 nitrogen and oxygen atoms in total. The molecule has 0 fully saturated rings. The standard InChI is InChI=1S/C34H25N9/c1-38-26-9-2-5-12-29(26)43-30-19-22(13-14-24(30)36-33(38)43)20-39-17-18-41-31-23(7-6-8-25(31)37-34(39)41)21-42-28-11-4-3-10-27(28)40-16-15-35-32(40)42/h2-19H,20-21H2,1H3. The van der Waals surface area contributed by atoms with Gasteiger partial charge in [-0.15, -0.1) is 0 Å². The lowest BCUT2D eigenvalue weighted by molar-refractivity contribution is 0.820. The lowest BCUT2D eigenvalue weighted by Gasteiger charge is -2.07. The van der Waals surface area contributed by atoms with E-state index in [1.165, 1.54) is 16.6 Å². The normalized spacial score (nSPS) is 12.5. The maximum atomic E-state index is 5.10. The van der Waals surface area contributed by atoms with Crippen LogP contribution in [0.2, 0.25) is 0 Å². The van der Waals surface area contributed by atoms with Crippen molar-refractivity contribution in [2.24, 2.45) is 7.05 Å². The average Bonchev–Trinajstić information content (AvgIpc) is 3.87. The first-order valence-corrected chi connectivity index (χ1v) is 14.4. The monoisotopic (exact) mass is 559 g/mol. The highest BCUT2D eigenvalue weighted by Gasteiger charge is 2.18. The lowest BCUT2D eigenvalue weighted by Crippen LogP contribution is -2.02. The summed E-state index contributed by atoms with van der Waals surface area (Å²) >= 11 is 0. The summed E-state index contributed by atoms with van der Waals surface area (Å²) in [5.74, 6) is 2.81. The van der Waals surface area contributed by atoms with E-state index in [4.69, 9.17) is 9.97 Å². The van der Waals surface area contributed by atoms with Crippen LogP contribution < -0.4 is 0 Å². The van der Waals surface area contributed by atoms with Crippen molar-refractivity contribution in [3.05, 3.63) is 121 Å². The van der Waals surface area contributed by atoms with E-state index in [1.54, 1.807) is 0 Å². The zero-order valence-corrected chi connectivity index (χ0v) is 23.3. The van der Waals surface area contributed by atoms with Gasteiger partial charge in [0.05, 0.1) is 57.2 Å². The van der Waals surface area contributed by atoms with E-state index >= 15 is 0 Å². The lowest BCUT2D eigenvalue weighted by atomic mass is 10.1. The van der Waals surface area contributed by atoms with Crippen molar-refractivity contribution in [3.8, 4) is 0 Å². The molecule has 0 saturated carbocycles. The minimum Gasteiger partial charge on any atom is -0.313 e. The van der Waals surface area contributed by atoms with Crippen molar-refractivity contribution >= 4 is 61.5 Å². The van der Waals surface area contributed by atoms with E-state index in [2.05, 4.69) is 136 Å².